The van der Waals surface area contributed by atoms with E-state index in [4.69, 9.17) is 10.2 Å². The first-order chi connectivity index (χ1) is 7.16. The van der Waals surface area contributed by atoms with Crippen LogP contribution in [0.2, 0.25) is 0 Å². The number of aromatic nitrogens is 2. The lowest BCUT2D eigenvalue weighted by atomic mass is 10.0. The number of nitrogen functional groups attached to an aromatic ring is 1. The van der Waals surface area contributed by atoms with Gasteiger partial charge in [-0.1, -0.05) is 31.1 Å². The van der Waals surface area contributed by atoms with Crippen LogP contribution in [-0.2, 0) is 0 Å². The molecular formula is C11H13N3O. The van der Waals surface area contributed by atoms with Crippen molar-refractivity contribution in [1.29, 1.82) is 0 Å². The van der Waals surface area contributed by atoms with Crippen molar-refractivity contribution < 1.29 is 4.42 Å². The molecule has 2 rings (SSSR count). The first-order valence-corrected chi connectivity index (χ1v) is 4.86. The van der Waals surface area contributed by atoms with Gasteiger partial charge in [-0.2, -0.15) is 0 Å². The summed E-state index contributed by atoms with van der Waals surface area (Å²) in [5, 5.41) is 7.47. The Morgan fingerprint density at radius 2 is 2.07 bits per heavy atom. The van der Waals surface area contributed by atoms with E-state index in [0.717, 1.165) is 5.56 Å². The van der Waals surface area contributed by atoms with Crippen LogP contribution in [0, 0.1) is 0 Å². The molecule has 1 heterocycles. The van der Waals surface area contributed by atoms with Crippen molar-refractivity contribution in [3.8, 4) is 11.5 Å². The van der Waals surface area contributed by atoms with Crippen LogP contribution in [-0.4, -0.2) is 10.2 Å². The average Bonchev–Trinajstić information content (AvgIpc) is 2.65. The summed E-state index contributed by atoms with van der Waals surface area (Å²) in [6, 6.07) is 8.12. The zero-order chi connectivity index (χ0) is 10.8. The van der Waals surface area contributed by atoms with Crippen molar-refractivity contribution in [2.75, 3.05) is 5.73 Å². The molecule has 0 amide bonds. The number of benzene rings is 1. The Morgan fingerprint density at radius 1 is 1.27 bits per heavy atom. The summed E-state index contributed by atoms with van der Waals surface area (Å²) < 4.78 is 5.16. The summed E-state index contributed by atoms with van der Waals surface area (Å²) in [6.45, 7) is 4.28. The number of hydrogen-bond acceptors (Lipinski definition) is 4. The number of anilines is 1. The maximum atomic E-state index is 5.37. The lowest BCUT2D eigenvalue weighted by molar-refractivity contribution is 0.590. The second-order valence-electron chi connectivity index (χ2n) is 3.73. The molecule has 2 aromatic rings. The van der Waals surface area contributed by atoms with Gasteiger partial charge in [0.25, 0.3) is 0 Å². The molecule has 15 heavy (non-hydrogen) atoms. The molecule has 0 aliphatic heterocycles. The molecule has 1 aromatic carbocycles. The third-order valence-electron chi connectivity index (χ3n) is 2.24. The molecule has 0 aliphatic carbocycles. The van der Waals surface area contributed by atoms with Gasteiger partial charge in [0.1, 0.15) is 0 Å². The van der Waals surface area contributed by atoms with Gasteiger partial charge in [-0.25, -0.2) is 0 Å². The molecule has 0 saturated carbocycles. The first-order valence-electron chi connectivity index (χ1n) is 4.86. The van der Waals surface area contributed by atoms with E-state index >= 15 is 0 Å². The highest BCUT2D eigenvalue weighted by molar-refractivity contribution is 5.54. The van der Waals surface area contributed by atoms with E-state index in [1.807, 2.05) is 18.2 Å². The zero-order valence-corrected chi connectivity index (χ0v) is 8.77. The van der Waals surface area contributed by atoms with Crippen molar-refractivity contribution in [3.05, 3.63) is 29.8 Å². The second kappa shape index (κ2) is 3.73. The normalized spacial score (nSPS) is 10.9. The van der Waals surface area contributed by atoms with Crippen LogP contribution in [0.5, 0.6) is 0 Å². The molecule has 0 bridgehead atoms. The smallest absolute Gasteiger partial charge is 0.313 e. The van der Waals surface area contributed by atoms with Gasteiger partial charge in [-0.05, 0) is 23.6 Å². The third kappa shape index (κ3) is 1.98. The van der Waals surface area contributed by atoms with Crippen molar-refractivity contribution in [1.82, 2.24) is 10.2 Å². The molecule has 0 unspecified atom stereocenters. The summed E-state index contributed by atoms with van der Waals surface area (Å²) in [4.78, 5) is 0. The fourth-order valence-corrected chi connectivity index (χ4v) is 1.38. The van der Waals surface area contributed by atoms with Gasteiger partial charge in [-0.3, -0.25) is 0 Å². The van der Waals surface area contributed by atoms with Crippen LogP contribution in [0.4, 0.5) is 6.01 Å². The molecule has 0 aliphatic rings. The molecule has 2 N–H and O–H groups in total. The third-order valence-corrected chi connectivity index (χ3v) is 2.24. The molecule has 1 aromatic heterocycles. The molecule has 0 saturated heterocycles. The maximum absolute atomic E-state index is 5.37. The minimum absolute atomic E-state index is 0.0972. The van der Waals surface area contributed by atoms with Crippen LogP contribution in [0.1, 0.15) is 25.3 Å². The fourth-order valence-electron chi connectivity index (χ4n) is 1.38. The Morgan fingerprint density at radius 3 is 2.67 bits per heavy atom. The Labute approximate surface area is 88.1 Å². The number of hydrogen-bond donors (Lipinski definition) is 1. The van der Waals surface area contributed by atoms with Gasteiger partial charge in [0, 0.05) is 5.56 Å². The Kier molecular flexibility index (Phi) is 2.41. The quantitative estimate of drug-likeness (QED) is 0.814. The molecule has 0 fully saturated rings. The van der Waals surface area contributed by atoms with Crippen LogP contribution >= 0.6 is 0 Å². The average molecular weight is 203 g/mol. The molecule has 0 spiro atoms. The molecule has 78 valence electrons. The van der Waals surface area contributed by atoms with Gasteiger partial charge in [0.2, 0.25) is 5.89 Å². The van der Waals surface area contributed by atoms with E-state index in [1.165, 1.54) is 5.56 Å². The minimum Gasteiger partial charge on any atom is -0.404 e. The standard InChI is InChI=1S/C11H13N3O/c1-7(2)8-4-3-5-9(6-8)10-13-14-11(12)15-10/h3-7H,1-2H3,(H2,12,14). The Balaban J connectivity index is 2.41. The van der Waals surface area contributed by atoms with Crippen LogP contribution < -0.4 is 5.73 Å². The van der Waals surface area contributed by atoms with Crippen molar-refractivity contribution in [2.24, 2.45) is 0 Å². The molecule has 4 nitrogen and oxygen atoms in total. The summed E-state index contributed by atoms with van der Waals surface area (Å²) in [6.07, 6.45) is 0. The van der Waals surface area contributed by atoms with E-state index < -0.39 is 0 Å². The van der Waals surface area contributed by atoms with E-state index in [0.29, 0.717) is 11.8 Å². The minimum atomic E-state index is 0.0972. The van der Waals surface area contributed by atoms with E-state index in [9.17, 15) is 0 Å². The lowest BCUT2D eigenvalue weighted by Crippen LogP contribution is -1.87. The molecule has 0 radical (unpaired) electrons. The summed E-state index contributed by atoms with van der Waals surface area (Å²) in [5.41, 5.74) is 7.52. The lowest BCUT2D eigenvalue weighted by Gasteiger charge is -2.05. The monoisotopic (exact) mass is 203 g/mol. The second-order valence-corrected chi connectivity index (χ2v) is 3.73. The molecule has 4 heteroatoms. The highest BCUT2D eigenvalue weighted by atomic mass is 16.4. The van der Waals surface area contributed by atoms with Gasteiger partial charge in [0.15, 0.2) is 0 Å². The Bertz CT molecular complexity index is 462. The van der Waals surface area contributed by atoms with E-state index in [-0.39, 0.29) is 6.01 Å². The predicted molar refractivity (Wildman–Crippen MR) is 58.2 cm³/mol. The summed E-state index contributed by atoms with van der Waals surface area (Å²) in [5.74, 6) is 0.945. The topological polar surface area (TPSA) is 64.9 Å². The van der Waals surface area contributed by atoms with Gasteiger partial charge in [0.05, 0.1) is 0 Å². The Hall–Kier alpha value is -1.84. The zero-order valence-electron chi connectivity index (χ0n) is 8.77. The maximum Gasteiger partial charge on any atom is 0.313 e. The highest BCUT2D eigenvalue weighted by Crippen LogP contribution is 2.23. The van der Waals surface area contributed by atoms with E-state index in [2.05, 4.69) is 30.1 Å². The molecular weight excluding hydrogens is 190 g/mol. The number of nitrogens with two attached hydrogens (primary N) is 1. The number of rotatable bonds is 2. The van der Waals surface area contributed by atoms with Crippen LogP contribution in [0.25, 0.3) is 11.5 Å². The van der Waals surface area contributed by atoms with E-state index in [1.54, 1.807) is 0 Å². The van der Waals surface area contributed by atoms with Crippen molar-refractivity contribution in [3.63, 3.8) is 0 Å². The van der Waals surface area contributed by atoms with Crippen molar-refractivity contribution >= 4 is 6.01 Å². The largest absolute Gasteiger partial charge is 0.404 e. The summed E-state index contributed by atoms with van der Waals surface area (Å²) in [7, 11) is 0. The summed E-state index contributed by atoms with van der Waals surface area (Å²) >= 11 is 0. The van der Waals surface area contributed by atoms with Gasteiger partial charge >= 0.3 is 6.01 Å². The first kappa shape index (κ1) is 9.71. The van der Waals surface area contributed by atoms with Gasteiger partial charge in [-0.15, -0.1) is 5.10 Å². The van der Waals surface area contributed by atoms with Crippen molar-refractivity contribution in [2.45, 2.75) is 19.8 Å². The van der Waals surface area contributed by atoms with Crippen LogP contribution in [0.3, 0.4) is 0 Å². The molecule has 0 atom stereocenters. The fraction of sp³-hybridized carbons (Fsp3) is 0.273. The SMILES string of the molecule is CC(C)c1cccc(-c2nnc(N)o2)c1. The number of nitrogens with zero attached hydrogens (tertiary/aromatic N) is 2. The highest BCUT2D eigenvalue weighted by Gasteiger charge is 2.07. The predicted octanol–water partition coefficient (Wildman–Crippen LogP) is 2.44. The van der Waals surface area contributed by atoms with Crippen LogP contribution in [0.15, 0.2) is 28.7 Å². The van der Waals surface area contributed by atoms with Gasteiger partial charge < -0.3 is 10.2 Å².